The monoisotopic (exact) mass is 336 g/mol. The van der Waals surface area contributed by atoms with Crippen LogP contribution in [0.4, 0.5) is 9.18 Å². The van der Waals surface area contributed by atoms with E-state index >= 15 is 0 Å². The quantitative estimate of drug-likeness (QED) is 0.869. The van der Waals surface area contributed by atoms with Crippen LogP contribution in [0.1, 0.15) is 37.3 Å². The molecule has 2 saturated heterocycles. The maximum absolute atomic E-state index is 13.2. The van der Waals surface area contributed by atoms with Gasteiger partial charge in [0.05, 0.1) is 18.8 Å². The fourth-order valence-corrected chi connectivity index (χ4v) is 3.32. The summed E-state index contributed by atoms with van der Waals surface area (Å²) in [5.74, 6) is 0.0862. The first-order valence-electron chi connectivity index (χ1n) is 8.71. The lowest BCUT2D eigenvalue weighted by Crippen LogP contribution is -2.44. The van der Waals surface area contributed by atoms with E-state index in [-0.39, 0.29) is 24.0 Å². The highest BCUT2D eigenvalue weighted by Gasteiger charge is 2.29. The van der Waals surface area contributed by atoms with E-state index in [2.05, 4.69) is 10.6 Å². The van der Waals surface area contributed by atoms with Crippen LogP contribution < -0.4 is 10.6 Å². The van der Waals surface area contributed by atoms with E-state index < -0.39 is 0 Å². The highest BCUT2D eigenvalue weighted by Crippen LogP contribution is 2.27. The van der Waals surface area contributed by atoms with Gasteiger partial charge in [-0.3, -0.25) is 0 Å². The van der Waals surface area contributed by atoms with Crippen LogP contribution in [0.3, 0.4) is 0 Å². The summed E-state index contributed by atoms with van der Waals surface area (Å²) in [5.41, 5.74) is 0.861. The molecule has 2 aliphatic rings. The first kappa shape index (κ1) is 17.2. The topological polar surface area (TPSA) is 59.6 Å². The molecule has 2 fully saturated rings. The summed E-state index contributed by atoms with van der Waals surface area (Å²) < 4.78 is 24.3. The van der Waals surface area contributed by atoms with Gasteiger partial charge in [-0.15, -0.1) is 0 Å². The summed E-state index contributed by atoms with van der Waals surface area (Å²) in [7, 11) is 0. The zero-order chi connectivity index (χ0) is 16.8. The number of carbonyl (C=O) groups excluding carboxylic acids is 1. The van der Waals surface area contributed by atoms with Gasteiger partial charge in [-0.1, -0.05) is 12.1 Å². The molecule has 5 nitrogen and oxygen atoms in total. The summed E-state index contributed by atoms with van der Waals surface area (Å²) in [5, 5.41) is 5.92. The van der Waals surface area contributed by atoms with Gasteiger partial charge in [0.25, 0.3) is 0 Å². The zero-order valence-electron chi connectivity index (χ0n) is 13.8. The third kappa shape index (κ3) is 4.68. The largest absolute Gasteiger partial charge is 0.381 e. The van der Waals surface area contributed by atoms with Gasteiger partial charge >= 0.3 is 6.03 Å². The molecule has 0 aliphatic carbocycles. The van der Waals surface area contributed by atoms with Gasteiger partial charge in [-0.2, -0.15) is 0 Å². The van der Waals surface area contributed by atoms with Crippen LogP contribution in [0.5, 0.6) is 0 Å². The van der Waals surface area contributed by atoms with Gasteiger partial charge in [0.15, 0.2) is 0 Å². The van der Waals surface area contributed by atoms with E-state index in [4.69, 9.17) is 9.47 Å². The van der Waals surface area contributed by atoms with E-state index in [1.165, 1.54) is 12.1 Å². The van der Waals surface area contributed by atoms with Gasteiger partial charge in [-0.25, -0.2) is 9.18 Å². The van der Waals surface area contributed by atoms with E-state index in [1.807, 2.05) is 0 Å². The highest BCUT2D eigenvalue weighted by atomic mass is 19.1. The van der Waals surface area contributed by atoms with Crippen LogP contribution in [0.15, 0.2) is 24.3 Å². The summed E-state index contributed by atoms with van der Waals surface area (Å²) in [6, 6.07) is 5.75. The Morgan fingerprint density at radius 1 is 1.21 bits per heavy atom. The molecule has 0 aromatic heterocycles. The molecule has 2 N–H and O–H groups in total. The van der Waals surface area contributed by atoms with Gasteiger partial charge in [-0.05, 0) is 49.3 Å². The molecule has 3 atom stereocenters. The number of ether oxygens (including phenoxy) is 2. The van der Waals surface area contributed by atoms with Crippen molar-refractivity contribution in [2.45, 2.75) is 37.8 Å². The van der Waals surface area contributed by atoms with Crippen molar-refractivity contribution in [2.24, 2.45) is 5.92 Å². The Morgan fingerprint density at radius 3 is 2.67 bits per heavy atom. The first-order chi connectivity index (χ1) is 11.7. The van der Waals surface area contributed by atoms with E-state index in [9.17, 15) is 9.18 Å². The molecule has 24 heavy (non-hydrogen) atoms. The fourth-order valence-electron chi connectivity index (χ4n) is 3.32. The average Bonchev–Trinajstić information content (AvgIpc) is 3.14. The van der Waals surface area contributed by atoms with E-state index in [1.54, 1.807) is 12.1 Å². The predicted octanol–water partition coefficient (Wildman–Crippen LogP) is 2.77. The molecule has 3 rings (SSSR count). The Balaban J connectivity index is 1.58. The van der Waals surface area contributed by atoms with Crippen LogP contribution in [-0.4, -0.2) is 38.5 Å². The third-order valence-corrected chi connectivity index (χ3v) is 4.66. The molecule has 132 valence electrons. The lowest BCUT2D eigenvalue weighted by molar-refractivity contribution is 0.0552. The highest BCUT2D eigenvalue weighted by molar-refractivity contribution is 5.74. The summed E-state index contributed by atoms with van der Waals surface area (Å²) in [6.07, 6.45) is 3.92. The first-order valence-corrected chi connectivity index (χ1v) is 8.71. The number of carbonyl (C=O) groups is 1. The maximum atomic E-state index is 13.2. The molecule has 1 aromatic carbocycles. The third-order valence-electron chi connectivity index (χ3n) is 4.66. The maximum Gasteiger partial charge on any atom is 0.315 e. The number of hydrogen-bond acceptors (Lipinski definition) is 3. The van der Waals surface area contributed by atoms with Crippen LogP contribution in [-0.2, 0) is 9.47 Å². The Kier molecular flexibility index (Phi) is 6.04. The van der Waals surface area contributed by atoms with E-state index in [0.717, 1.165) is 37.9 Å². The number of urea groups is 1. The van der Waals surface area contributed by atoms with Gasteiger partial charge < -0.3 is 20.1 Å². The number of nitrogens with one attached hydrogen (secondary N) is 2. The Labute approximate surface area is 141 Å². The molecule has 2 amide bonds. The Bertz CT molecular complexity index is 526. The van der Waals surface area contributed by atoms with Crippen LogP contribution in [0.2, 0.25) is 0 Å². The minimum atomic E-state index is -0.286. The smallest absolute Gasteiger partial charge is 0.315 e. The standard InChI is InChI=1S/C18H25FN2O3/c19-15-7-5-14(6-8-15)17(16-4-2-10-24-16)21-18(22)20-11-13-3-1-9-23-12-13/h5-8,13,16-17H,1-4,9-12H2,(H2,20,21,22)/t13-,16+,17+/m0/s1. The number of hydrogen-bond donors (Lipinski definition) is 2. The lowest BCUT2D eigenvalue weighted by Gasteiger charge is -2.26. The van der Waals surface area contributed by atoms with Crippen molar-refractivity contribution in [3.63, 3.8) is 0 Å². The van der Waals surface area contributed by atoms with E-state index in [0.29, 0.717) is 25.7 Å². The Hall–Kier alpha value is -1.66. The second-order valence-corrected chi connectivity index (χ2v) is 6.52. The molecule has 0 unspecified atom stereocenters. The summed E-state index contributed by atoms with van der Waals surface area (Å²) in [4.78, 5) is 12.3. The number of halogens is 1. The summed E-state index contributed by atoms with van der Waals surface area (Å²) >= 11 is 0. The molecule has 0 spiro atoms. The number of benzene rings is 1. The molecular weight excluding hydrogens is 311 g/mol. The molecule has 0 radical (unpaired) electrons. The van der Waals surface area contributed by atoms with Crippen molar-refractivity contribution >= 4 is 6.03 Å². The van der Waals surface area contributed by atoms with Gasteiger partial charge in [0, 0.05) is 19.8 Å². The molecule has 0 saturated carbocycles. The molecule has 6 heteroatoms. The predicted molar refractivity (Wildman–Crippen MR) is 88.2 cm³/mol. The van der Waals surface area contributed by atoms with Crippen LogP contribution in [0.25, 0.3) is 0 Å². The minimum absolute atomic E-state index is 0.0702. The molecule has 0 bridgehead atoms. The van der Waals surface area contributed by atoms with Crippen molar-refractivity contribution in [1.82, 2.24) is 10.6 Å². The molecule has 1 aromatic rings. The number of amides is 2. The normalized spacial score (nSPS) is 25.2. The summed E-state index contributed by atoms with van der Waals surface area (Å²) in [6.45, 7) is 2.82. The van der Waals surface area contributed by atoms with Crippen LogP contribution in [0, 0.1) is 11.7 Å². The second kappa shape index (κ2) is 8.44. The zero-order valence-corrected chi connectivity index (χ0v) is 13.8. The van der Waals surface area contributed by atoms with Gasteiger partial charge in [0.1, 0.15) is 5.82 Å². The lowest BCUT2D eigenvalue weighted by atomic mass is 9.99. The van der Waals surface area contributed by atoms with Crippen molar-refractivity contribution in [1.29, 1.82) is 0 Å². The minimum Gasteiger partial charge on any atom is -0.381 e. The molecule has 2 heterocycles. The van der Waals surface area contributed by atoms with Crippen molar-refractivity contribution < 1.29 is 18.7 Å². The van der Waals surface area contributed by atoms with Crippen molar-refractivity contribution in [3.05, 3.63) is 35.6 Å². The Morgan fingerprint density at radius 2 is 2.00 bits per heavy atom. The second-order valence-electron chi connectivity index (χ2n) is 6.52. The molecule has 2 aliphatic heterocycles. The number of rotatable bonds is 5. The van der Waals surface area contributed by atoms with Crippen LogP contribution >= 0.6 is 0 Å². The SMILES string of the molecule is O=C(NC[C@@H]1CCCOC1)N[C@H](c1ccc(F)cc1)[C@H]1CCCO1. The van der Waals surface area contributed by atoms with Crippen molar-refractivity contribution in [3.8, 4) is 0 Å². The average molecular weight is 336 g/mol. The fraction of sp³-hybridized carbons (Fsp3) is 0.611. The van der Waals surface area contributed by atoms with Gasteiger partial charge in [0.2, 0.25) is 0 Å². The molecular formula is C18H25FN2O3. The van der Waals surface area contributed by atoms with Crippen molar-refractivity contribution in [2.75, 3.05) is 26.4 Å².